The molecule has 6 atom stereocenters. The second-order valence-electron chi connectivity index (χ2n) is 11.0. The monoisotopic (exact) mass is 396 g/mol. The normalized spacial score (nSPS) is 41.7. The van der Waals surface area contributed by atoms with Gasteiger partial charge in [-0.05, 0) is 50.4 Å². The van der Waals surface area contributed by atoms with Gasteiger partial charge in [-0.25, -0.2) is 0 Å². The minimum absolute atomic E-state index is 0.521. The van der Waals surface area contributed by atoms with Crippen LogP contribution in [0, 0.1) is 23.7 Å². The standard InChI is InChI=1S/C27H44N2/c1-2-8-14-20-21-15-9-4-5-11-17-23(21)27-26(22(20)16-10-3-1)28-24-18-12-6-7-13-19-25(24)29-27/h20-25H,1-19H2. The van der Waals surface area contributed by atoms with Crippen molar-refractivity contribution in [3.05, 3.63) is 0 Å². The molecule has 5 aliphatic rings. The summed E-state index contributed by atoms with van der Waals surface area (Å²) in [5.74, 6) is 3.33. The van der Waals surface area contributed by atoms with E-state index in [-0.39, 0.29) is 0 Å². The quantitative estimate of drug-likeness (QED) is 0.404. The molecule has 0 saturated heterocycles. The highest BCUT2D eigenvalue weighted by Gasteiger charge is 2.47. The molecule has 0 spiro atoms. The van der Waals surface area contributed by atoms with Crippen LogP contribution in [0.5, 0.6) is 0 Å². The van der Waals surface area contributed by atoms with Gasteiger partial charge in [0.1, 0.15) is 0 Å². The Morgan fingerprint density at radius 1 is 0.379 bits per heavy atom. The molecule has 0 aromatic heterocycles. The molecule has 1 heterocycles. The molecule has 2 heteroatoms. The first-order valence-electron chi connectivity index (χ1n) is 13.6. The fourth-order valence-electron chi connectivity index (χ4n) is 7.71. The lowest BCUT2D eigenvalue weighted by Gasteiger charge is -2.48. The minimum Gasteiger partial charge on any atom is -0.282 e. The van der Waals surface area contributed by atoms with Gasteiger partial charge < -0.3 is 0 Å². The van der Waals surface area contributed by atoms with Gasteiger partial charge in [-0.15, -0.1) is 0 Å². The maximum Gasteiger partial charge on any atom is 0.0727 e. The van der Waals surface area contributed by atoms with Crippen molar-refractivity contribution in [1.82, 2.24) is 0 Å². The summed E-state index contributed by atoms with van der Waals surface area (Å²) in [7, 11) is 0. The van der Waals surface area contributed by atoms with E-state index in [0.717, 1.165) is 23.7 Å². The van der Waals surface area contributed by atoms with Crippen molar-refractivity contribution < 1.29 is 0 Å². The fraction of sp³-hybridized carbons (Fsp3) is 0.926. The van der Waals surface area contributed by atoms with E-state index >= 15 is 0 Å². The Hall–Kier alpha value is -0.660. The van der Waals surface area contributed by atoms with Gasteiger partial charge in [-0.2, -0.15) is 0 Å². The van der Waals surface area contributed by atoms with Gasteiger partial charge in [0, 0.05) is 11.8 Å². The molecule has 5 rings (SSSR count). The maximum absolute atomic E-state index is 5.65. The van der Waals surface area contributed by atoms with Crippen molar-refractivity contribution in [2.45, 2.75) is 134 Å². The fourth-order valence-corrected chi connectivity index (χ4v) is 7.71. The molecule has 0 bridgehead atoms. The molecule has 0 aromatic carbocycles. The molecule has 6 unspecified atom stereocenters. The van der Waals surface area contributed by atoms with Crippen LogP contribution in [0.4, 0.5) is 0 Å². The van der Waals surface area contributed by atoms with Gasteiger partial charge >= 0.3 is 0 Å². The minimum atomic E-state index is 0.521. The van der Waals surface area contributed by atoms with Crippen LogP contribution in [-0.2, 0) is 0 Å². The third kappa shape index (κ3) is 4.38. The van der Waals surface area contributed by atoms with Crippen molar-refractivity contribution in [3.63, 3.8) is 0 Å². The molecular weight excluding hydrogens is 352 g/mol. The summed E-state index contributed by atoms with van der Waals surface area (Å²) >= 11 is 0. The molecule has 0 aromatic rings. The van der Waals surface area contributed by atoms with Crippen molar-refractivity contribution in [2.75, 3.05) is 0 Å². The first-order chi connectivity index (χ1) is 14.4. The first kappa shape index (κ1) is 20.3. The number of hydrogen-bond donors (Lipinski definition) is 0. The van der Waals surface area contributed by atoms with Crippen molar-refractivity contribution in [1.29, 1.82) is 0 Å². The van der Waals surface area contributed by atoms with Crippen LogP contribution in [0.3, 0.4) is 0 Å². The second kappa shape index (κ2) is 9.65. The molecule has 0 amide bonds. The van der Waals surface area contributed by atoms with E-state index in [2.05, 4.69) is 0 Å². The number of nitrogens with zero attached hydrogens (tertiary/aromatic N) is 2. The Morgan fingerprint density at radius 3 is 1.17 bits per heavy atom. The predicted octanol–water partition coefficient (Wildman–Crippen LogP) is 7.55. The summed E-state index contributed by atoms with van der Waals surface area (Å²) in [6.45, 7) is 0. The van der Waals surface area contributed by atoms with Gasteiger partial charge in [0.05, 0.1) is 23.5 Å². The Kier molecular flexibility index (Phi) is 6.74. The van der Waals surface area contributed by atoms with E-state index in [1.165, 1.54) is 122 Å². The van der Waals surface area contributed by atoms with Crippen LogP contribution >= 0.6 is 0 Å². The predicted molar refractivity (Wildman–Crippen MR) is 124 cm³/mol. The third-order valence-corrected chi connectivity index (χ3v) is 9.21. The molecule has 0 N–H and O–H groups in total. The van der Waals surface area contributed by atoms with Crippen molar-refractivity contribution in [2.24, 2.45) is 33.7 Å². The van der Waals surface area contributed by atoms with E-state index in [0.29, 0.717) is 12.1 Å². The zero-order valence-electron chi connectivity index (χ0n) is 18.8. The zero-order valence-corrected chi connectivity index (χ0v) is 18.8. The van der Waals surface area contributed by atoms with Crippen LogP contribution in [0.25, 0.3) is 0 Å². The third-order valence-electron chi connectivity index (χ3n) is 9.21. The molecule has 162 valence electrons. The van der Waals surface area contributed by atoms with Gasteiger partial charge in [-0.1, -0.05) is 83.5 Å². The molecule has 0 radical (unpaired) electrons. The highest BCUT2D eigenvalue weighted by atomic mass is 15.0. The summed E-state index contributed by atoms with van der Waals surface area (Å²) in [6.07, 6.45) is 27.1. The molecule has 4 aliphatic carbocycles. The van der Waals surface area contributed by atoms with Crippen LogP contribution in [-0.4, -0.2) is 23.5 Å². The summed E-state index contributed by atoms with van der Waals surface area (Å²) in [5.41, 5.74) is 3.11. The Labute approximate surface area is 179 Å². The van der Waals surface area contributed by atoms with Crippen LogP contribution in [0.1, 0.15) is 122 Å². The van der Waals surface area contributed by atoms with E-state index in [4.69, 9.17) is 9.98 Å². The van der Waals surface area contributed by atoms with Crippen LogP contribution in [0.2, 0.25) is 0 Å². The SMILES string of the molecule is C1CCCC2C3=NC4CCCCCCC4N=C3C3CCCCCCC3C2CCC1. The molecule has 4 saturated carbocycles. The smallest absolute Gasteiger partial charge is 0.0727 e. The lowest BCUT2D eigenvalue weighted by atomic mass is 9.59. The van der Waals surface area contributed by atoms with Gasteiger partial charge in [0.15, 0.2) is 0 Å². The van der Waals surface area contributed by atoms with Gasteiger partial charge in [-0.3, -0.25) is 9.98 Å². The summed E-state index contributed by atoms with van der Waals surface area (Å²) in [6, 6.07) is 1.04. The highest BCUT2D eigenvalue weighted by Crippen LogP contribution is 2.48. The largest absolute Gasteiger partial charge is 0.282 e. The molecule has 2 nitrogen and oxygen atoms in total. The molecular formula is C27H44N2. The van der Waals surface area contributed by atoms with Crippen molar-refractivity contribution in [3.8, 4) is 0 Å². The number of aliphatic imine (C=N–C) groups is 2. The van der Waals surface area contributed by atoms with E-state index < -0.39 is 0 Å². The van der Waals surface area contributed by atoms with E-state index in [1.807, 2.05) is 0 Å². The van der Waals surface area contributed by atoms with Crippen LogP contribution < -0.4 is 0 Å². The molecule has 4 fully saturated rings. The number of rotatable bonds is 0. The van der Waals surface area contributed by atoms with Crippen molar-refractivity contribution >= 4 is 11.4 Å². The second-order valence-corrected chi connectivity index (χ2v) is 11.0. The molecule has 1 aliphatic heterocycles. The summed E-state index contributed by atoms with van der Waals surface area (Å²) in [5, 5.41) is 0. The summed E-state index contributed by atoms with van der Waals surface area (Å²) in [4.78, 5) is 11.3. The number of hydrogen-bond acceptors (Lipinski definition) is 2. The number of fused-ring (bicyclic) bond motifs is 7. The lowest BCUT2D eigenvalue weighted by molar-refractivity contribution is 0.162. The Morgan fingerprint density at radius 2 is 0.724 bits per heavy atom. The topological polar surface area (TPSA) is 24.7 Å². The van der Waals surface area contributed by atoms with Crippen LogP contribution in [0.15, 0.2) is 9.98 Å². The average molecular weight is 397 g/mol. The lowest BCUT2D eigenvalue weighted by Crippen LogP contribution is -2.51. The van der Waals surface area contributed by atoms with Gasteiger partial charge in [0.2, 0.25) is 0 Å². The zero-order chi connectivity index (χ0) is 19.5. The van der Waals surface area contributed by atoms with Gasteiger partial charge in [0.25, 0.3) is 0 Å². The Bertz CT molecular complexity index is 606. The summed E-state index contributed by atoms with van der Waals surface area (Å²) < 4.78 is 0. The van der Waals surface area contributed by atoms with E-state index in [1.54, 1.807) is 11.4 Å². The first-order valence-corrected chi connectivity index (χ1v) is 13.6. The Balaban J connectivity index is 1.51. The highest BCUT2D eigenvalue weighted by molar-refractivity contribution is 6.45. The molecule has 29 heavy (non-hydrogen) atoms. The maximum atomic E-state index is 5.65. The van der Waals surface area contributed by atoms with E-state index in [9.17, 15) is 0 Å². The average Bonchev–Trinajstić information content (AvgIpc) is 2.81.